The summed E-state index contributed by atoms with van der Waals surface area (Å²) in [5.41, 5.74) is 5.76. The van der Waals surface area contributed by atoms with Crippen LogP contribution in [0.25, 0.3) is 0 Å². The lowest BCUT2D eigenvalue weighted by atomic mass is 9.93. The quantitative estimate of drug-likeness (QED) is 0.573. The summed E-state index contributed by atoms with van der Waals surface area (Å²) in [6.45, 7) is 2.78. The maximum atomic E-state index is 11.7. The molecule has 2 aliphatic rings. The molecule has 0 radical (unpaired) electrons. The Bertz CT molecular complexity index is 634. The number of aliphatic hydroxyl groups is 1. The number of rotatable bonds is 7. The van der Waals surface area contributed by atoms with Gasteiger partial charge < -0.3 is 26.2 Å². The van der Waals surface area contributed by atoms with Gasteiger partial charge in [0.2, 0.25) is 5.95 Å². The first-order valence-corrected chi connectivity index (χ1v) is 10.0. The minimum Gasteiger partial charge on any atom is -0.393 e. The SMILES string of the molecule is CCO[C@H]1CC[C@H](Nc2ncc(C(N)=O)c(N[C@H]3CCC[C@@H](O)C3)n2)CC1. The average Bonchev–Trinajstić information content (AvgIpc) is 2.63. The normalized spacial score (nSPS) is 28.5. The summed E-state index contributed by atoms with van der Waals surface area (Å²) in [6.07, 6.45) is 8.92. The van der Waals surface area contributed by atoms with Crippen LogP contribution in [-0.4, -0.2) is 51.9 Å². The lowest BCUT2D eigenvalue weighted by Gasteiger charge is -2.29. The number of amides is 1. The van der Waals surface area contributed by atoms with E-state index in [0.717, 1.165) is 51.6 Å². The number of hydrogen-bond acceptors (Lipinski definition) is 7. The molecule has 27 heavy (non-hydrogen) atoms. The highest BCUT2D eigenvalue weighted by Gasteiger charge is 2.24. The Morgan fingerprint density at radius 3 is 2.67 bits per heavy atom. The molecule has 1 aromatic heterocycles. The Hall–Kier alpha value is -1.93. The molecule has 1 amide bonds. The second-order valence-corrected chi connectivity index (χ2v) is 7.56. The zero-order valence-electron chi connectivity index (χ0n) is 16.0. The summed E-state index contributed by atoms with van der Waals surface area (Å²) >= 11 is 0. The van der Waals surface area contributed by atoms with Crippen LogP contribution in [0.5, 0.6) is 0 Å². The zero-order valence-corrected chi connectivity index (χ0v) is 16.0. The van der Waals surface area contributed by atoms with E-state index < -0.39 is 5.91 Å². The van der Waals surface area contributed by atoms with E-state index in [1.165, 1.54) is 6.20 Å². The van der Waals surface area contributed by atoms with E-state index in [4.69, 9.17) is 10.5 Å². The molecule has 0 unspecified atom stereocenters. The minimum absolute atomic E-state index is 0.0798. The lowest BCUT2D eigenvalue weighted by molar-refractivity contribution is 0.0346. The Balaban J connectivity index is 1.65. The third kappa shape index (κ3) is 5.52. The maximum Gasteiger partial charge on any atom is 0.254 e. The standard InChI is InChI=1S/C19H31N5O3/c1-2-27-15-8-6-12(7-9-15)23-19-21-11-16(17(20)26)18(24-19)22-13-4-3-5-14(25)10-13/h11-15,25H,2-10H2,1H3,(H2,20,26)(H2,21,22,23,24)/t12-,13-,14+,15-/m0/s1. The molecule has 1 aromatic rings. The van der Waals surface area contributed by atoms with Crippen LogP contribution < -0.4 is 16.4 Å². The van der Waals surface area contributed by atoms with E-state index in [9.17, 15) is 9.90 Å². The van der Waals surface area contributed by atoms with Gasteiger partial charge in [-0.3, -0.25) is 4.79 Å². The highest BCUT2D eigenvalue weighted by Crippen LogP contribution is 2.26. The molecule has 2 atom stereocenters. The molecule has 8 nitrogen and oxygen atoms in total. The van der Waals surface area contributed by atoms with Gasteiger partial charge in [0, 0.05) is 24.9 Å². The van der Waals surface area contributed by atoms with E-state index in [-0.39, 0.29) is 17.7 Å². The summed E-state index contributed by atoms with van der Waals surface area (Å²) in [4.78, 5) is 20.5. The average molecular weight is 377 g/mol. The number of aromatic nitrogens is 2. The fourth-order valence-electron chi connectivity index (χ4n) is 4.02. The van der Waals surface area contributed by atoms with Crippen molar-refractivity contribution in [2.45, 2.75) is 82.6 Å². The molecule has 3 rings (SSSR count). The van der Waals surface area contributed by atoms with Gasteiger partial charge in [0.05, 0.1) is 17.8 Å². The van der Waals surface area contributed by atoms with Crippen molar-refractivity contribution in [3.8, 4) is 0 Å². The Morgan fingerprint density at radius 1 is 1.22 bits per heavy atom. The van der Waals surface area contributed by atoms with Gasteiger partial charge in [-0.2, -0.15) is 4.98 Å². The Morgan fingerprint density at radius 2 is 2.00 bits per heavy atom. The van der Waals surface area contributed by atoms with Gasteiger partial charge in [-0.1, -0.05) is 0 Å². The van der Waals surface area contributed by atoms with Crippen LogP contribution >= 0.6 is 0 Å². The molecule has 5 N–H and O–H groups in total. The van der Waals surface area contributed by atoms with E-state index >= 15 is 0 Å². The van der Waals surface area contributed by atoms with Gasteiger partial charge in [0.1, 0.15) is 5.82 Å². The molecule has 150 valence electrons. The predicted octanol–water partition coefficient (Wildman–Crippen LogP) is 2.05. The van der Waals surface area contributed by atoms with Crippen molar-refractivity contribution in [1.29, 1.82) is 0 Å². The zero-order chi connectivity index (χ0) is 19.2. The second kappa shape index (κ2) is 9.32. The molecule has 1 heterocycles. The smallest absolute Gasteiger partial charge is 0.254 e. The number of carbonyl (C=O) groups is 1. The third-order valence-electron chi connectivity index (χ3n) is 5.45. The number of hydrogen-bond donors (Lipinski definition) is 4. The number of nitrogens with one attached hydrogen (secondary N) is 2. The van der Waals surface area contributed by atoms with E-state index in [2.05, 4.69) is 20.6 Å². The summed E-state index contributed by atoms with van der Waals surface area (Å²) in [7, 11) is 0. The van der Waals surface area contributed by atoms with Crippen LogP contribution in [0, 0.1) is 0 Å². The topological polar surface area (TPSA) is 122 Å². The van der Waals surface area contributed by atoms with Crippen molar-refractivity contribution in [3.63, 3.8) is 0 Å². The first-order valence-electron chi connectivity index (χ1n) is 10.0. The molecule has 8 heteroatoms. The van der Waals surface area contributed by atoms with Crippen molar-refractivity contribution in [2.75, 3.05) is 17.2 Å². The van der Waals surface area contributed by atoms with Crippen molar-refractivity contribution in [3.05, 3.63) is 11.8 Å². The first kappa shape index (κ1) is 19.8. The number of carbonyl (C=O) groups excluding carboxylic acids is 1. The third-order valence-corrected chi connectivity index (χ3v) is 5.45. The number of anilines is 2. The van der Waals surface area contributed by atoms with Crippen molar-refractivity contribution >= 4 is 17.7 Å². The Kier molecular flexibility index (Phi) is 6.84. The monoisotopic (exact) mass is 377 g/mol. The molecule has 0 aromatic carbocycles. The maximum absolute atomic E-state index is 11.7. The lowest BCUT2D eigenvalue weighted by Crippen LogP contribution is -2.32. The predicted molar refractivity (Wildman–Crippen MR) is 104 cm³/mol. The molecule has 2 saturated carbocycles. The van der Waals surface area contributed by atoms with Gasteiger partial charge in [-0.15, -0.1) is 0 Å². The number of aliphatic hydroxyl groups excluding tert-OH is 1. The number of nitrogens with two attached hydrogens (primary N) is 1. The molecular weight excluding hydrogens is 346 g/mol. The van der Waals surface area contributed by atoms with Crippen LogP contribution in [0.3, 0.4) is 0 Å². The number of ether oxygens (including phenoxy) is 1. The van der Waals surface area contributed by atoms with Gasteiger partial charge in [-0.05, 0) is 58.3 Å². The largest absolute Gasteiger partial charge is 0.393 e. The second-order valence-electron chi connectivity index (χ2n) is 7.56. The molecule has 2 fully saturated rings. The minimum atomic E-state index is -0.558. The van der Waals surface area contributed by atoms with Crippen molar-refractivity contribution in [1.82, 2.24) is 9.97 Å². The molecule has 2 aliphatic carbocycles. The molecular formula is C19H31N5O3. The van der Waals surface area contributed by atoms with Crippen LogP contribution in [0.1, 0.15) is 68.6 Å². The number of primary amides is 1. The van der Waals surface area contributed by atoms with Crippen LogP contribution in [0.2, 0.25) is 0 Å². The Labute approximate surface area is 160 Å². The molecule has 0 spiro atoms. The molecule has 0 aliphatic heterocycles. The van der Waals surface area contributed by atoms with Gasteiger partial charge in [0.15, 0.2) is 0 Å². The van der Waals surface area contributed by atoms with Crippen LogP contribution in [0.15, 0.2) is 6.20 Å². The highest BCUT2D eigenvalue weighted by molar-refractivity contribution is 5.97. The summed E-state index contributed by atoms with van der Waals surface area (Å²) in [5, 5.41) is 16.5. The fourth-order valence-corrected chi connectivity index (χ4v) is 4.02. The molecule has 0 saturated heterocycles. The van der Waals surface area contributed by atoms with E-state index in [0.29, 0.717) is 30.3 Å². The van der Waals surface area contributed by atoms with Crippen LogP contribution in [0.4, 0.5) is 11.8 Å². The van der Waals surface area contributed by atoms with Gasteiger partial charge >= 0.3 is 0 Å². The summed E-state index contributed by atoms with van der Waals surface area (Å²) in [6, 6.07) is 0.377. The van der Waals surface area contributed by atoms with E-state index in [1.54, 1.807) is 0 Å². The van der Waals surface area contributed by atoms with E-state index in [1.807, 2.05) is 6.92 Å². The fraction of sp³-hybridized carbons (Fsp3) is 0.737. The first-order chi connectivity index (χ1) is 13.0. The van der Waals surface area contributed by atoms with Crippen molar-refractivity contribution < 1.29 is 14.6 Å². The molecule has 0 bridgehead atoms. The van der Waals surface area contributed by atoms with Crippen molar-refractivity contribution in [2.24, 2.45) is 5.73 Å². The summed E-state index contributed by atoms with van der Waals surface area (Å²) in [5.74, 6) is 0.387. The van der Waals surface area contributed by atoms with Crippen LogP contribution in [-0.2, 0) is 4.74 Å². The number of nitrogens with zero attached hydrogens (tertiary/aromatic N) is 2. The van der Waals surface area contributed by atoms with Gasteiger partial charge in [-0.25, -0.2) is 4.98 Å². The summed E-state index contributed by atoms with van der Waals surface area (Å²) < 4.78 is 5.69. The highest BCUT2D eigenvalue weighted by atomic mass is 16.5. The van der Waals surface area contributed by atoms with Gasteiger partial charge in [0.25, 0.3) is 5.91 Å².